The molecule has 3 aromatic rings. The highest BCUT2D eigenvalue weighted by Gasteiger charge is 2.11. The van der Waals surface area contributed by atoms with Crippen LogP contribution >= 0.6 is 24.0 Å². The predicted molar refractivity (Wildman–Crippen MR) is 113 cm³/mol. The average molecular weight is 422 g/mol. The number of benzene rings is 3. The van der Waals surface area contributed by atoms with Crippen LogP contribution < -0.4 is 14.8 Å². The Bertz CT molecular complexity index is 871. The van der Waals surface area contributed by atoms with Gasteiger partial charge >= 0.3 is 0 Å². The minimum absolute atomic E-state index is 0. The molecule has 148 valence electrons. The van der Waals surface area contributed by atoms with E-state index in [-0.39, 0.29) is 18.2 Å². The van der Waals surface area contributed by atoms with Crippen LogP contribution in [0.15, 0.2) is 66.7 Å². The van der Waals surface area contributed by atoms with Crippen LogP contribution in [0.25, 0.3) is 0 Å². The Kier molecular flexibility index (Phi) is 8.58. The lowest BCUT2D eigenvalue weighted by atomic mass is 10.1. The molecule has 0 aliphatic carbocycles. The fourth-order valence-corrected chi connectivity index (χ4v) is 2.83. The SMILES string of the molecule is COc1cccc(CNCc2ccc(F)cc2)c1OCc1ccc(Cl)cc1.Cl. The summed E-state index contributed by atoms with van der Waals surface area (Å²) in [7, 11) is 1.63. The molecule has 0 unspecified atom stereocenters. The molecular formula is C22H22Cl2FNO2. The Labute approximate surface area is 175 Å². The molecule has 0 bridgehead atoms. The zero-order valence-corrected chi connectivity index (χ0v) is 17.0. The van der Waals surface area contributed by atoms with Crippen LogP contribution in [0.5, 0.6) is 11.5 Å². The molecule has 0 fully saturated rings. The number of hydrogen-bond donors (Lipinski definition) is 1. The van der Waals surface area contributed by atoms with E-state index in [1.807, 2.05) is 42.5 Å². The lowest BCUT2D eigenvalue weighted by molar-refractivity contribution is 0.280. The van der Waals surface area contributed by atoms with Crippen molar-refractivity contribution in [1.29, 1.82) is 0 Å². The Morgan fingerprint density at radius 1 is 0.893 bits per heavy atom. The van der Waals surface area contributed by atoms with Crippen molar-refractivity contribution in [3.8, 4) is 11.5 Å². The first-order valence-electron chi connectivity index (χ1n) is 8.64. The quantitative estimate of drug-likeness (QED) is 0.499. The average Bonchev–Trinajstić information content (AvgIpc) is 2.69. The fourth-order valence-electron chi connectivity index (χ4n) is 2.70. The van der Waals surface area contributed by atoms with Gasteiger partial charge in [0, 0.05) is 23.7 Å². The Morgan fingerprint density at radius 2 is 1.57 bits per heavy atom. The molecule has 0 radical (unpaired) electrons. The highest BCUT2D eigenvalue weighted by molar-refractivity contribution is 6.30. The van der Waals surface area contributed by atoms with Crippen molar-refractivity contribution in [1.82, 2.24) is 5.32 Å². The summed E-state index contributed by atoms with van der Waals surface area (Å²) in [5.41, 5.74) is 3.03. The second kappa shape index (κ2) is 10.9. The van der Waals surface area contributed by atoms with Gasteiger partial charge in [0.05, 0.1) is 7.11 Å². The van der Waals surface area contributed by atoms with Crippen LogP contribution in [0.2, 0.25) is 5.02 Å². The van der Waals surface area contributed by atoms with Gasteiger partial charge in [0.1, 0.15) is 12.4 Å². The van der Waals surface area contributed by atoms with Crippen molar-refractivity contribution in [3.05, 3.63) is 94.3 Å². The molecule has 3 aromatic carbocycles. The largest absolute Gasteiger partial charge is 0.493 e. The van der Waals surface area contributed by atoms with Crippen LogP contribution in [0.4, 0.5) is 4.39 Å². The number of ether oxygens (including phenoxy) is 2. The standard InChI is InChI=1S/C22H21ClFNO2.ClH/c1-26-21-4-2-3-18(14-25-13-16-7-11-20(24)12-8-16)22(21)27-15-17-5-9-19(23)10-6-17;/h2-12,25H,13-15H2,1H3;1H. The summed E-state index contributed by atoms with van der Waals surface area (Å²) in [6, 6.07) is 19.8. The van der Waals surface area contributed by atoms with E-state index >= 15 is 0 Å². The van der Waals surface area contributed by atoms with Gasteiger partial charge in [-0.15, -0.1) is 12.4 Å². The highest BCUT2D eigenvalue weighted by atomic mass is 35.5. The van der Waals surface area contributed by atoms with E-state index in [0.29, 0.717) is 36.2 Å². The lowest BCUT2D eigenvalue weighted by Gasteiger charge is -2.16. The van der Waals surface area contributed by atoms with Crippen LogP contribution in [-0.4, -0.2) is 7.11 Å². The van der Waals surface area contributed by atoms with Crippen LogP contribution in [-0.2, 0) is 19.7 Å². The van der Waals surface area contributed by atoms with E-state index in [2.05, 4.69) is 5.32 Å². The van der Waals surface area contributed by atoms with Gasteiger partial charge in [-0.1, -0.05) is 48.0 Å². The molecular weight excluding hydrogens is 400 g/mol. The molecule has 0 aliphatic heterocycles. The van der Waals surface area contributed by atoms with E-state index in [4.69, 9.17) is 21.1 Å². The molecule has 3 nitrogen and oxygen atoms in total. The number of nitrogens with one attached hydrogen (secondary N) is 1. The zero-order chi connectivity index (χ0) is 19.1. The lowest BCUT2D eigenvalue weighted by Crippen LogP contribution is -2.14. The van der Waals surface area contributed by atoms with Gasteiger partial charge in [0.25, 0.3) is 0 Å². The Morgan fingerprint density at radius 3 is 2.25 bits per heavy atom. The molecule has 28 heavy (non-hydrogen) atoms. The normalized spacial score (nSPS) is 10.2. The van der Waals surface area contributed by atoms with Crippen molar-refractivity contribution in [2.75, 3.05) is 7.11 Å². The second-order valence-electron chi connectivity index (χ2n) is 6.09. The third-order valence-corrected chi connectivity index (χ3v) is 4.39. The molecule has 0 saturated carbocycles. The molecule has 6 heteroatoms. The first-order valence-corrected chi connectivity index (χ1v) is 9.02. The molecule has 0 aliphatic rings. The monoisotopic (exact) mass is 421 g/mol. The maximum absolute atomic E-state index is 13.0. The number of para-hydroxylation sites is 1. The Balaban J connectivity index is 0.00000280. The van der Waals surface area contributed by atoms with Crippen molar-refractivity contribution in [2.45, 2.75) is 19.7 Å². The molecule has 0 aromatic heterocycles. The summed E-state index contributed by atoms with van der Waals surface area (Å²) < 4.78 is 24.5. The van der Waals surface area contributed by atoms with Gasteiger partial charge in [0.2, 0.25) is 0 Å². The predicted octanol–water partition coefficient (Wildman–Crippen LogP) is 5.78. The molecule has 0 atom stereocenters. The maximum Gasteiger partial charge on any atom is 0.166 e. The highest BCUT2D eigenvalue weighted by Crippen LogP contribution is 2.32. The summed E-state index contributed by atoms with van der Waals surface area (Å²) >= 11 is 5.93. The van der Waals surface area contributed by atoms with Crippen molar-refractivity contribution < 1.29 is 13.9 Å². The van der Waals surface area contributed by atoms with Gasteiger partial charge in [0.15, 0.2) is 11.5 Å². The summed E-state index contributed by atoms with van der Waals surface area (Å²) in [5.74, 6) is 1.16. The minimum Gasteiger partial charge on any atom is -0.493 e. The summed E-state index contributed by atoms with van der Waals surface area (Å²) in [6.45, 7) is 1.65. The summed E-state index contributed by atoms with van der Waals surface area (Å²) in [6.07, 6.45) is 0. The van der Waals surface area contributed by atoms with Gasteiger partial charge in [-0.05, 0) is 41.5 Å². The van der Waals surface area contributed by atoms with Gasteiger partial charge < -0.3 is 14.8 Å². The van der Waals surface area contributed by atoms with Gasteiger partial charge in [-0.25, -0.2) is 4.39 Å². The Hall–Kier alpha value is -2.27. The van der Waals surface area contributed by atoms with E-state index in [1.165, 1.54) is 12.1 Å². The third-order valence-electron chi connectivity index (χ3n) is 4.13. The minimum atomic E-state index is -0.232. The molecule has 0 heterocycles. The number of rotatable bonds is 8. The first-order chi connectivity index (χ1) is 13.2. The van der Waals surface area contributed by atoms with E-state index in [1.54, 1.807) is 19.2 Å². The summed E-state index contributed by atoms with van der Waals surface area (Å²) in [4.78, 5) is 0. The topological polar surface area (TPSA) is 30.5 Å². The fraction of sp³-hybridized carbons (Fsp3) is 0.182. The molecule has 3 rings (SSSR count). The van der Waals surface area contributed by atoms with Gasteiger partial charge in [-0.3, -0.25) is 0 Å². The number of methoxy groups -OCH3 is 1. The van der Waals surface area contributed by atoms with Crippen molar-refractivity contribution in [3.63, 3.8) is 0 Å². The summed E-state index contributed by atoms with van der Waals surface area (Å²) in [5, 5.41) is 4.06. The zero-order valence-electron chi connectivity index (χ0n) is 15.5. The van der Waals surface area contributed by atoms with Crippen LogP contribution in [0, 0.1) is 5.82 Å². The van der Waals surface area contributed by atoms with Crippen molar-refractivity contribution >= 4 is 24.0 Å². The van der Waals surface area contributed by atoms with E-state index in [0.717, 1.165) is 16.7 Å². The molecule has 0 saturated heterocycles. The number of halogens is 3. The van der Waals surface area contributed by atoms with Crippen LogP contribution in [0.3, 0.4) is 0 Å². The molecule has 0 spiro atoms. The van der Waals surface area contributed by atoms with Gasteiger partial charge in [-0.2, -0.15) is 0 Å². The van der Waals surface area contributed by atoms with E-state index in [9.17, 15) is 4.39 Å². The molecule has 1 N–H and O–H groups in total. The second-order valence-corrected chi connectivity index (χ2v) is 6.53. The van der Waals surface area contributed by atoms with Crippen LogP contribution in [0.1, 0.15) is 16.7 Å². The first kappa shape index (κ1) is 22.0. The maximum atomic E-state index is 13.0. The smallest absolute Gasteiger partial charge is 0.166 e. The number of hydrogen-bond acceptors (Lipinski definition) is 3. The molecule has 0 amide bonds. The third kappa shape index (κ3) is 6.13. The van der Waals surface area contributed by atoms with E-state index < -0.39 is 0 Å². The van der Waals surface area contributed by atoms with Crippen molar-refractivity contribution in [2.24, 2.45) is 0 Å².